The number of ether oxygens (including phenoxy) is 3. The molecule has 0 aliphatic heterocycles. The topological polar surface area (TPSA) is 44.8 Å². The minimum Gasteiger partial charge on any atom is -0.490 e. The van der Waals surface area contributed by atoms with E-state index in [4.69, 9.17) is 14.2 Å². The summed E-state index contributed by atoms with van der Waals surface area (Å²) < 4.78 is 16.7. The van der Waals surface area contributed by atoms with E-state index in [1.165, 1.54) is 0 Å². The molecule has 2 aromatic rings. The molecule has 0 spiro atoms. The van der Waals surface area contributed by atoms with Crippen molar-refractivity contribution in [3.05, 3.63) is 54.1 Å². The van der Waals surface area contributed by atoms with Gasteiger partial charge >= 0.3 is 0 Å². The second-order valence-corrected chi connectivity index (χ2v) is 4.27. The molecule has 2 aromatic carbocycles. The molecular formula is C17H18O4. The van der Waals surface area contributed by atoms with Crippen LogP contribution in [-0.4, -0.2) is 26.1 Å². The second kappa shape index (κ2) is 7.94. The Morgan fingerprint density at radius 1 is 0.905 bits per heavy atom. The van der Waals surface area contributed by atoms with Gasteiger partial charge in [-0.15, -0.1) is 0 Å². The Balaban J connectivity index is 1.88. The first-order valence-corrected chi connectivity index (χ1v) is 6.86. The summed E-state index contributed by atoms with van der Waals surface area (Å²) in [7, 11) is 0. The molecule has 21 heavy (non-hydrogen) atoms. The number of hydrogen-bond donors (Lipinski definition) is 0. The zero-order valence-electron chi connectivity index (χ0n) is 12.0. The van der Waals surface area contributed by atoms with Crippen molar-refractivity contribution in [2.45, 2.75) is 6.92 Å². The second-order valence-electron chi connectivity index (χ2n) is 4.27. The van der Waals surface area contributed by atoms with Gasteiger partial charge < -0.3 is 14.2 Å². The van der Waals surface area contributed by atoms with Crippen LogP contribution in [0.5, 0.6) is 17.2 Å². The van der Waals surface area contributed by atoms with Crippen LogP contribution in [0.3, 0.4) is 0 Å². The first kappa shape index (κ1) is 14.9. The molecule has 0 aliphatic carbocycles. The normalized spacial score (nSPS) is 9.95. The van der Waals surface area contributed by atoms with Crippen LogP contribution in [-0.2, 0) is 0 Å². The van der Waals surface area contributed by atoms with E-state index in [-0.39, 0.29) is 0 Å². The lowest BCUT2D eigenvalue weighted by Crippen LogP contribution is -2.10. The summed E-state index contributed by atoms with van der Waals surface area (Å²) in [5.74, 6) is 1.99. The summed E-state index contributed by atoms with van der Waals surface area (Å²) in [6.07, 6.45) is 0.783. The molecule has 0 saturated carbocycles. The Hall–Kier alpha value is -2.49. The molecule has 0 N–H and O–H groups in total. The first-order chi connectivity index (χ1) is 10.3. The Morgan fingerprint density at radius 2 is 1.67 bits per heavy atom. The third-order valence-corrected chi connectivity index (χ3v) is 2.76. The van der Waals surface area contributed by atoms with Crippen molar-refractivity contribution in [2.75, 3.05) is 19.8 Å². The van der Waals surface area contributed by atoms with Crippen LogP contribution in [0.25, 0.3) is 0 Å². The molecule has 0 bridgehead atoms. The van der Waals surface area contributed by atoms with Crippen LogP contribution < -0.4 is 14.2 Å². The zero-order valence-corrected chi connectivity index (χ0v) is 12.0. The molecule has 0 heterocycles. The predicted molar refractivity (Wildman–Crippen MR) is 80.4 cm³/mol. The van der Waals surface area contributed by atoms with E-state index in [1.54, 1.807) is 18.2 Å². The molecule has 0 radical (unpaired) electrons. The Morgan fingerprint density at radius 3 is 2.38 bits per heavy atom. The van der Waals surface area contributed by atoms with Crippen LogP contribution >= 0.6 is 0 Å². The fourth-order valence-corrected chi connectivity index (χ4v) is 1.81. The molecule has 4 heteroatoms. The van der Waals surface area contributed by atoms with E-state index in [0.29, 0.717) is 36.9 Å². The summed E-state index contributed by atoms with van der Waals surface area (Å²) in [5, 5.41) is 0. The van der Waals surface area contributed by atoms with E-state index >= 15 is 0 Å². The highest BCUT2D eigenvalue weighted by Crippen LogP contribution is 2.28. The molecule has 110 valence electrons. The maximum Gasteiger partial charge on any atom is 0.161 e. The highest BCUT2D eigenvalue weighted by atomic mass is 16.5. The van der Waals surface area contributed by atoms with Gasteiger partial charge in [-0.2, -0.15) is 0 Å². The highest BCUT2D eigenvalue weighted by Gasteiger charge is 2.06. The molecule has 0 atom stereocenters. The van der Waals surface area contributed by atoms with E-state index in [0.717, 1.165) is 12.0 Å². The van der Waals surface area contributed by atoms with Crippen LogP contribution in [0.15, 0.2) is 48.5 Å². The van der Waals surface area contributed by atoms with Gasteiger partial charge in [-0.3, -0.25) is 4.79 Å². The van der Waals surface area contributed by atoms with Crippen molar-refractivity contribution in [3.63, 3.8) is 0 Å². The van der Waals surface area contributed by atoms with Gasteiger partial charge in [-0.05, 0) is 37.3 Å². The SMILES string of the molecule is CCOc1cc(C=O)ccc1OCCOc1ccccc1. The van der Waals surface area contributed by atoms with Gasteiger partial charge in [0.25, 0.3) is 0 Å². The molecule has 0 fully saturated rings. The van der Waals surface area contributed by atoms with Gasteiger partial charge in [0.2, 0.25) is 0 Å². The number of aldehydes is 1. The van der Waals surface area contributed by atoms with Gasteiger partial charge in [-0.1, -0.05) is 18.2 Å². The third-order valence-electron chi connectivity index (χ3n) is 2.76. The molecule has 0 saturated heterocycles. The van der Waals surface area contributed by atoms with Gasteiger partial charge in [0.15, 0.2) is 11.5 Å². The fourth-order valence-electron chi connectivity index (χ4n) is 1.81. The molecule has 0 aromatic heterocycles. The molecule has 0 aliphatic rings. The lowest BCUT2D eigenvalue weighted by atomic mass is 10.2. The number of carbonyl (C=O) groups is 1. The average molecular weight is 286 g/mol. The number of rotatable bonds is 8. The largest absolute Gasteiger partial charge is 0.490 e. The average Bonchev–Trinajstić information content (AvgIpc) is 2.54. The summed E-state index contributed by atoms with van der Waals surface area (Å²) in [6, 6.07) is 14.7. The van der Waals surface area contributed by atoms with E-state index in [9.17, 15) is 4.79 Å². The maximum absolute atomic E-state index is 10.8. The van der Waals surface area contributed by atoms with E-state index < -0.39 is 0 Å². The molecule has 0 unspecified atom stereocenters. The van der Waals surface area contributed by atoms with Crippen molar-refractivity contribution < 1.29 is 19.0 Å². The van der Waals surface area contributed by atoms with Gasteiger partial charge in [0.1, 0.15) is 25.2 Å². The smallest absolute Gasteiger partial charge is 0.161 e. The minimum atomic E-state index is 0.398. The predicted octanol–water partition coefficient (Wildman–Crippen LogP) is 3.36. The van der Waals surface area contributed by atoms with Gasteiger partial charge in [-0.25, -0.2) is 0 Å². The quantitative estimate of drug-likeness (QED) is 0.551. The van der Waals surface area contributed by atoms with Crippen LogP contribution in [0.1, 0.15) is 17.3 Å². The zero-order chi connectivity index (χ0) is 14.9. The van der Waals surface area contributed by atoms with Crippen molar-refractivity contribution in [1.82, 2.24) is 0 Å². The minimum absolute atomic E-state index is 0.398. The Bertz CT molecular complexity index is 566. The molecule has 4 nitrogen and oxygen atoms in total. The Labute approximate surface area is 124 Å². The van der Waals surface area contributed by atoms with Crippen molar-refractivity contribution in [1.29, 1.82) is 0 Å². The summed E-state index contributed by atoms with van der Waals surface area (Å²) in [5.41, 5.74) is 0.561. The van der Waals surface area contributed by atoms with Crippen molar-refractivity contribution >= 4 is 6.29 Å². The van der Waals surface area contributed by atoms with Crippen LogP contribution in [0.2, 0.25) is 0 Å². The standard InChI is InChI=1S/C17H18O4/c1-2-19-17-12-14(13-18)8-9-16(17)21-11-10-20-15-6-4-3-5-7-15/h3-9,12-13H,2,10-11H2,1H3. The molecule has 0 amide bonds. The maximum atomic E-state index is 10.8. The Kier molecular flexibility index (Phi) is 5.64. The lowest BCUT2D eigenvalue weighted by Gasteiger charge is -2.12. The third kappa shape index (κ3) is 4.53. The van der Waals surface area contributed by atoms with Crippen molar-refractivity contribution in [3.8, 4) is 17.2 Å². The monoisotopic (exact) mass is 286 g/mol. The number of benzene rings is 2. The molecular weight excluding hydrogens is 268 g/mol. The van der Waals surface area contributed by atoms with Crippen LogP contribution in [0.4, 0.5) is 0 Å². The van der Waals surface area contributed by atoms with Crippen molar-refractivity contribution in [2.24, 2.45) is 0 Å². The number of para-hydroxylation sites is 1. The highest BCUT2D eigenvalue weighted by molar-refractivity contribution is 5.76. The fraction of sp³-hybridized carbons (Fsp3) is 0.235. The summed E-state index contributed by atoms with van der Waals surface area (Å²) >= 11 is 0. The lowest BCUT2D eigenvalue weighted by molar-refractivity contribution is 0.112. The van der Waals surface area contributed by atoms with Gasteiger partial charge in [0, 0.05) is 5.56 Å². The first-order valence-electron chi connectivity index (χ1n) is 6.86. The summed E-state index contributed by atoms with van der Waals surface area (Å²) in [4.78, 5) is 10.8. The van der Waals surface area contributed by atoms with E-state index in [1.807, 2.05) is 37.3 Å². The summed E-state index contributed by atoms with van der Waals surface area (Å²) in [6.45, 7) is 3.23. The number of carbonyl (C=O) groups excluding carboxylic acids is 1. The number of hydrogen-bond acceptors (Lipinski definition) is 4. The van der Waals surface area contributed by atoms with Crippen LogP contribution in [0, 0.1) is 0 Å². The van der Waals surface area contributed by atoms with E-state index in [2.05, 4.69) is 0 Å². The van der Waals surface area contributed by atoms with Gasteiger partial charge in [0.05, 0.1) is 6.61 Å². The molecule has 2 rings (SSSR count).